The average Bonchev–Trinajstić information content (AvgIpc) is 2.86. The highest BCUT2D eigenvalue weighted by atomic mass is 32.1. The zero-order valence-corrected chi connectivity index (χ0v) is 12.3. The van der Waals surface area contributed by atoms with E-state index in [1.165, 1.54) is 22.3 Å². The summed E-state index contributed by atoms with van der Waals surface area (Å²) >= 11 is 1.42. The fourth-order valence-electron chi connectivity index (χ4n) is 1.90. The predicted molar refractivity (Wildman–Crippen MR) is 75.9 cm³/mol. The van der Waals surface area contributed by atoms with Gasteiger partial charge in [0.1, 0.15) is 0 Å². The van der Waals surface area contributed by atoms with Crippen molar-refractivity contribution in [1.82, 2.24) is 4.90 Å². The topological polar surface area (TPSA) is 20.3 Å². The van der Waals surface area contributed by atoms with Gasteiger partial charge in [-0.25, -0.2) is 8.78 Å². The molecule has 0 aliphatic rings. The van der Waals surface area contributed by atoms with Crippen LogP contribution in [0.2, 0.25) is 0 Å². The lowest BCUT2D eigenvalue weighted by atomic mass is 10.1. The fourth-order valence-corrected chi connectivity index (χ4v) is 2.75. The second kappa shape index (κ2) is 5.71. The van der Waals surface area contributed by atoms with Crippen molar-refractivity contribution < 1.29 is 13.6 Å². The van der Waals surface area contributed by atoms with E-state index in [1.807, 2.05) is 13.0 Å². The van der Waals surface area contributed by atoms with Gasteiger partial charge in [-0.05, 0) is 43.7 Å². The Morgan fingerprint density at radius 3 is 2.45 bits per heavy atom. The van der Waals surface area contributed by atoms with E-state index in [1.54, 1.807) is 20.0 Å². The first-order valence-electron chi connectivity index (χ1n) is 6.18. The Hall–Kier alpha value is -1.75. The van der Waals surface area contributed by atoms with Crippen molar-refractivity contribution >= 4 is 17.2 Å². The van der Waals surface area contributed by atoms with Crippen molar-refractivity contribution in [2.24, 2.45) is 0 Å². The SMILES string of the molecule is Cc1ccc(C(=O)N(C)C(C)c2ccc(F)c(F)c2)s1. The molecule has 0 saturated carbocycles. The maximum absolute atomic E-state index is 13.3. The third kappa shape index (κ3) is 2.88. The molecule has 2 aromatic rings. The summed E-state index contributed by atoms with van der Waals surface area (Å²) < 4.78 is 26.2. The molecular formula is C15H15F2NOS. The molecule has 20 heavy (non-hydrogen) atoms. The smallest absolute Gasteiger partial charge is 0.264 e. The Labute approximate surface area is 120 Å². The molecule has 1 aromatic heterocycles. The van der Waals surface area contributed by atoms with E-state index in [0.29, 0.717) is 10.4 Å². The lowest BCUT2D eigenvalue weighted by Gasteiger charge is -2.25. The summed E-state index contributed by atoms with van der Waals surface area (Å²) in [6, 6.07) is 7.02. The Morgan fingerprint density at radius 2 is 1.90 bits per heavy atom. The largest absolute Gasteiger partial charge is 0.334 e. The van der Waals surface area contributed by atoms with E-state index < -0.39 is 11.6 Å². The molecular weight excluding hydrogens is 280 g/mol. The summed E-state index contributed by atoms with van der Waals surface area (Å²) in [5.41, 5.74) is 0.563. The summed E-state index contributed by atoms with van der Waals surface area (Å²) in [5.74, 6) is -1.91. The number of hydrogen-bond donors (Lipinski definition) is 0. The third-order valence-corrected chi connectivity index (χ3v) is 4.27. The minimum absolute atomic E-state index is 0.125. The number of aryl methyl sites for hydroxylation is 1. The van der Waals surface area contributed by atoms with Crippen LogP contribution in [0.5, 0.6) is 0 Å². The molecule has 0 aliphatic carbocycles. The fraction of sp³-hybridized carbons (Fsp3) is 0.267. The van der Waals surface area contributed by atoms with Crippen molar-refractivity contribution in [3.05, 3.63) is 57.3 Å². The van der Waals surface area contributed by atoms with Gasteiger partial charge in [0.15, 0.2) is 11.6 Å². The van der Waals surface area contributed by atoms with Crippen LogP contribution < -0.4 is 0 Å². The number of thiophene rings is 1. The van der Waals surface area contributed by atoms with Crippen molar-refractivity contribution in [1.29, 1.82) is 0 Å². The molecule has 1 aromatic carbocycles. The number of rotatable bonds is 3. The predicted octanol–water partition coefficient (Wildman–Crippen LogP) is 4.17. The van der Waals surface area contributed by atoms with E-state index >= 15 is 0 Å². The van der Waals surface area contributed by atoms with E-state index in [0.717, 1.165) is 17.0 Å². The highest BCUT2D eigenvalue weighted by Crippen LogP contribution is 2.24. The Bertz CT molecular complexity index is 639. The second-order valence-corrected chi connectivity index (χ2v) is 5.96. The van der Waals surface area contributed by atoms with Crippen molar-refractivity contribution in [2.45, 2.75) is 19.9 Å². The number of nitrogens with zero attached hydrogens (tertiary/aromatic N) is 1. The molecule has 1 amide bonds. The van der Waals surface area contributed by atoms with Gasteiger partial charge in [-0.3, -0.25) is 4.79 Å². The first-order chi connectivity index (χ1) is 9.40. The van der Waals surface area contributed by atoms with Crippen LogP contribution in [0.15, 0.2) is 30.3 Å². The van der Waals surface area contributed by atoms with Crippen molar-refractivity contribution in [3.8, 4) is 0 Å². The van der Waals surface area contributed by atoms with Crippen LogP contribution in [0.3, 0.4) is 0 Å². The van der Waals surface area contributed by atoms with E-state index in [4.69, 9.17) is 0 Å². The molecule has 0 bridgehead atoms. The molecule has 2 rings (SSSR count). The lowest BCUT2D eigenvalue weighted by Crippen LogP contribution is -2.29. The minimum atomic E-state index is -0.901. The van der Waals surface area contributed by atoms with Gasteiger partial charge in [0.05, 0.1) is 10.9 Å². The van der Waals surface area contributed by atoms with E-state index in [9.17, 15) is 13.6 Å². The van der Waals surface area contributed by atoms with Gasteiger partial charge in [0.25, 0.3) is 5.91 Å². The van der Waals surface area contributed by atoms with Gasteiger partial charge < -0.3 is 4.90 Å². The zero-order valence-electron chi connectivity index (χ0n) is 11.5. The molecule has 5 heteroatoms. The Kier molecular flexibility index (Phi) is 4.18. The number of benzene rings is 1. The van der Waals surface area contributed by atoms with Gasteiger partial charge in [-0.15, -0.1) is 11.3 Å². The van der Waals surface area contributed by atoms with Crippen LogP contribution >= 0.6 is 11.3 Å². The molecule has 0 spiro atoms. The molecule has 1 heterocycles. The Balaban J connectivity index is 2.21. The van der Waals surface area contributed by atoms with Crippen molar-refractivity contribution in [2.75, 3.05) is 7.05 Å². The number of carbonyl (C=O) groups excluding carboxylic acids is 1. The van der Waals surface area contributed by atoms with Crippen LogP contribution in [0, 0.1) is 18.6 Å². The van der Waals surface area contributed by atoms with Crippen molar-refractivity contribution in [3.63, 3.8) is 0 Å². The third-order valence-electron chi connectivity index (χ3n) is 3.28. The summed E-state index contributed by atoms with van der Waals surface area (Å²) in [6.45, 7) is 3.71. The molecule has 0 saturated heterocycles. The van der Waals surface area contributed by atoms with Crippen LogP contribution in [0.1, 0.15) is 33.1 Å². The van der Waals surface area contributed by atoms with E-state index in [-0.39, 0.29) is 11.9 Å². The van der Waals surface area contributed by atoms with Crippen LogP contribution in [0.25, 0.3) is 0 Å². The quantitative estimate of drug-likeness (QED) is 0.832. The summed E-state index contributed by atoms with van der Waals surface area (Å²) in [4.78, 5) is 15.5. The number of amides is 1. The van der Waals surface area contributed by atoms with Gasteiger partial charge in [0.2, 0.25) is 0 Å². The zero-order chi connectivity index (χ0) is 14.9. The molecule has 0 radical (unpaired) electrons. The van der Waals surface area contributed by atoms with Gasteiger partial charge in [-0.1, -0.05) is 6.07 Å². The van der Waals surface area contributed by atoms with Gasteiger partial charge in [0, 0.05) is 11.9 Å². The molecule has 0 N–H and O–H groups in total. The lowest BCUT2D eigenvalue weighted by molar-refractivity contribution is 0.0747. The molecule has 0 aliphatic heterocycles. The first-order valence-corrected chi connectivity index (χ1v) is 7.00. The number of hydrogen-bond acceptors (Lipinski definition) is 2. The van der Waals surface area contributed by atoms with Crippen LogP contribution in [-0.4, -0.2) is 17.9 Å². The summed E-state index contributed by atoms with van der Waals surface area (Å²) in [5, 5.41) is 0. The monoisotopic (exact) mass is 295 g/mol. The number of carbonyl (C=O) groups is 1. The van der Waals surface area contributed by atoms with Gasteiger partial charge in [-0.2, -0.15) is 0 Å². The number of halogens is 2. The normalized spacial score (nSPS) is 12.2. The minimum Gasteiger partial charge on any atom is -0.334 e. The van der Waals surface area contributed by atoms with Crippen LogP contribution in [0.4, 0.5) is 8.78 Å². The average molecular weight is 295 g/mol. The van der Waals surface area contributed by atoms with Crippen LogP contribution in [-0.2, 0) is 0 Å². The summed E-state index contributed by atoms with van der Waals surface area (Å²) in [7, 11) is 1.66. The molecule has 1 atom stereocenters. The standard InChI is InChI=1S/C15H15F2NOS/c1-9-4-7-14(20-9)15(19)18(3)10(2)11-5-6-12(16)13(17)8-11/h4-8,10H,1-3H3. The second-order valence-electron chi connectivity index (χ2n) is 4.68. The highest BCUT2D eigenvalue weighted by Gasteiger charge is 2.20. The summed E-state index contributed by atoms with van der Waals surface area (Å²) in [6.07, 6.45) is 0. The van der Waals surface area contributed by atoms with E-state index in [2.05, 4.69) is 0 Å². The molecule has 2 nitrogen and oxygen atoms in total. The Morgan fingerprint density at radius 1 is 1.20 bits per heavy atom. The molecule has 106 valence electrons. The maximum atomic E-state index is 13.3. The highest BCUT2D eigenvalue weighted by molar-refractivity contribution is 7.13. The molecule has 1 unspecified atom stereocenters. The molecule has 0 fully saturated rings. The van der Waals surface area contributed by atoms with Gasteiger partial charge >= 0.3 is 0 Å². The first kappa shape index (κ1) is 14.7. The maximum Gasteiger partial charge on any atom is 0.264 e.